The van der Waals surface area contributed by atoms with Gasteiger partial charge in [-0.25, -0.2) is 8.78 Å². The lowest BCUT2D eigenvalue weighted by atomic mass is 10.0. The van der Waals surface area contributed by atoms with Gasteiger partial charge in [0.25, 0.3) is 6.43 Å². The van der Waals surface area contributed by atoms with E-state index in [0.717, 1.165) is 0 Å². The van der Waals surface area contributed by atoms with Crippen molar-refractivity contribution in [2.75, 3.05) is 0 Å². The zero-order valence-electron chi connectivity index (χ0n) is 7.88. The lowest BCUT2D eigenvalue weighted by Crippen LogP contribution is -2.09. The quantitative estimate of drug-likeness (QED) is 0.869. The number of pyridine rings is 1. The Kier molecular flexibility index (Phi) is 4.61. The summed E-state index contributed by atoms with van der Waals surface area (Å²) in [6.45, 7) is 0. The van der Waals surface area contributed by atoms with Crippen LogP contribution >= 0.6 is 27.5 Å². The second-order valence-corrected chi connectivity index (χ2v) is 4.07. The summed E-state index contributed by atoms with van der Waals surface area (Å²) in [6, 6.07) is 0. The first-order valence-electron chi connectivity index (χ1n) is 4.19. The molecule has 0 aliphatic rings. The molecule has 0 radical (unpaired) electrons. The molecule has 0 unspecified atom stereocenters. The summed E-state index contributed by atoms with van der Waals surface area (Å²) in [4.78, 5) is 14.3. The van der Waals surface area contributed by atoms with Gasteiger partial charge in [0.05, 0.1) is 18.0 Å². The largest absolute Gasteiger partial charge is 0.481 e. The lowest BCUT2D eigenvalue weighted by molar-refractivity contribution is -0.136. The van der Waals surface area contributed by atoms with Gasteiger partial charge in [-0.3, -0.25) is 9.78 Å². The van der Waals surface area contributed by atoms with Crippen LogP contribution in [0.2, 0.25) is 0 Å². The normalized spacial score (nSPS) is 10.8. The fraction of sp³-hybridized carbons (Fsp3) is 0.333. The number of halogens is 4. The summed E-state index contributed by atoms with van der Waals surface area (Å²) in [7, 11) is 0. The van der Waals surface area contributed by atoms with Crippen LogP contribution in [0, 0.1) is 0 Å². The molecule has 0 aromatic carbocycles. The highest BCUT2D eigenvalue weighted by atomic mass is 79.9. The van der Waals surface area contributed by atoms with Crippen molar-refractivity contribution in [3.63, 3.8) is 0 Å². The molecular weight excluding hydrogens is 307 g/mol. The summed E-state index contributed by atoms with van der Waals surface area (Å²) in [5.74, 6) is -1.37. The first-order chi connectivity index (χ1) is 7.47. The molecule has 16 heavy (non-hydrogen) atoms. The Morgan fingerprint density at radius 2 is 2.25 bits per heavy atom. The van der Waals surface area contributed by atoms with Gasteiger partial charge in [0, 0.05) is 16.2 Å². The maximum absolute atomic E-state index is 12.8. The predicted molar refractivity (Wildman–Crippen MR) is 57.8 cm³/mol. The van der Waals surface area contributed by atoms with Gasteiger partial charge in [0.2, 0.25) is 0 Å². The van der Waals surface area contributed by atoms with Crippen LogP contribution in [-0.2, 0) is 17.1 Å². The van der Waals surface area contributed by atoms with Crippen molar-refractivity contribution >= 4 is 33.5 Å². The SMILES string of the molecule is O=C(O)Cc1c(Br)cnc(CCl)c1C(F)F. The molecule has 3 nitrogen and oxygen atoms in total. The molecule has 88 valence electrons. The first kappa shape index (κ1) is 13.3. The van der Waals surface area contributed by atoms with Gasteiger partial charge in [0.15, 0.2) is 0 Å². The van der Waals surface area contributed by atoms with Crippen LogP contribution in [-0.4, -0.2) is 16.1 Å². The molecule has 0 fully saturated rings. The number of aliphatic carboxylic acids is 1. The standard InChI is InChI=1S/C9H7BrClF2NO2/c10-5-3-14-6(2-11)8(9(12)13)4(5)1-7(15)16/h3,9H,1-2H2,(H,15,16). The number of rotatable bonds is 4. The Hall–Kier alpha value is -0.750. The Morgan fingerprint density at radius 1 is 1.62 bits per heavy atom. The molecule has 0 saturated heterocycles. The summed E-state index contributed by atoms with van der Waals surface area (Å²) in [5, 5.41) is 8.64. The van der Waals surface area contributed by atoms with Gasteiger partial charge in [0.1, 0.15) is 0 Å². The third-order valence-corrected chi connectivity index (χ3v) is 2.87. The van der Waals surface area contributed by atoms with Crippen LogP contribution in [0.3, 0.4) is 0 Å². The van der Waals surface area contributed by atoms with E-state index in [2.05, 4.69) is 20.9 Å². The van der Waals surface area contributed by atoms with Crippen LogP contribution in [0.25, 0.3) is 0 Å². The van der Waals surface area contributed by atoms with Crippen LogP contribution in [0.1, 0.15) is 23.2 Å². The average molecular weight is 315 g/mol. The highest BCUT2D eigenvalue weighted by Crippen LogP contribution is 2.31. The minimum atomic E-state index is -2.80. The highest BCUT2D eigenvalue weighted by molar-refractivity contribution is 9.10. The number of carboxylic acid groups (broad SMARTS) is 1. The lowest BCUT2D eigenvalue weighted by Gasteiger charge is -2.12. The molecule has 7 heteroatoms. The van der Waals surface area contributed by atoms with Gasteiger partial charge in [-0.2, -0.15) is 0 Å². The van der Waals surface area contributed by atoms with E-state index in [4.69, 9.17) is 16.7 Å². The second-order valence-electron chi connectivity index (χ2n) is 2.95. The van der Waals surface area contributed by atoms with Gasteiger partial charge in [-0.05, 0) is 21.5 Å². The van der Waals surface area contributed by atoms with Crippen molar-refractivity contribution in [3.8, 4) is 0 Å². The van der Waals surface area contributed by atoms with Crippen LogP contribution in [0.5, 0.6) is 0 Å². The monoisotopic (exact) mass is 313 g/mol. The molecule has 1 aromatic heterocycles. The van der Waals surface area contributed by atoms with Gasteiger partial charge in [-0.1, -0.05) is 0 Å². The molecule has 1 aromatic rings. The van der Waals surface area contributed by atoms with Crippen molar-refractivity contribution in [3.05, 3.63) is 27.5 Å². The Labute approximate surface area is 104 Å². The van der Waals surface area contributed by atoms with Crippen molar-refractivity contribution in [2.45, 2.75) is 18.7 Å². The topological polar surface area (TPSA) is 50.2 Å². The van der Waals surface area contributed by atoms with Crippen LogP contribution in [0.15, 0.2) is 10.7 Å². The molecule has 0 spiro atoms. The third-order valence-electron chi connectivity index (χ3n) is 1.93. The molecule has 1 rings (SSSR count). The fourth-order valence-electron chi connectivity index (χ4n) is 1.28. The van der Waals surface area contributed by atoms with Gasteiger partial charge >= 0.3 is 5.97 Å². The van der Waals surface area contributed by atoms with E-state index < -0.39 is 24.4 Å². The molecule has 0 amide bonds. The van der Waals surface area contributed by atoms with Crippen LogP contribution < -0.4 is 0 Å². The van der Waals surface area contributed by atoms with E-state index in [0.29, 0.717) is 0 Å². The summed E-state index contributed by atoms with van der Waals surface area (Å²) in [6.07, 6.45) is -2.01. The minimum Gasteiger partial charge on any atom is -0.481 e. The summed E-state index contributed by atoms with van der Waals surface area (Å²) in [5.41, 5.74) is -0.365. The molecule has 0 atom stereocenters. The number of alkyl halides is 3. The highest BCUT2D eigenvalue weighted by Gasteiger charge is 2.22. The fourth-order valence-corrected chi connectivity index (χ4v) is 1.95. The smallest absolute Gasteiger partial charge is 0.307 e. The maximum Gasteiger partial charge on any atom is 0.307 e. The van der Waals surface area contributed by atoms with Crippen LogP contribution in [0.4, 0.5) is 8.78 Å². The van der Waals surface area contributed by atoms with E-state index in [1.807, 2.05) is 0 Å². The first-order valence-corrected chi connectivity index (χ1v) is 5.52. The molecular formula is C9H7BrClF2NO2. The molecule has 0 aliphatic heterocycles. The number of hydrogen-bond donors (Lipinski definition) is 1. The number of carbonyl (C=O) groups is 1. The third kappa shape index (κ3) is 2.89. The minimum absolute atomic E-state index is 0.0103. The number of carboxylic acids is 1. The van der Waals surface area contributed by atoms with Crippen molar-refractivity contribution in [1.29, 1.82) is 0 Å². The van der Waals surface area contributed by atoms with E-state index >= 15 is 0 Å². The van der Waals surface area contributed by atoms with E-state index in [-0.39, 0.29) is 21.6 Å². The van der Waals surface area contributed by atoms with Crippen molar-refractivity contribution in [1.82, 2.24) is 4.98 Å². The van der Waals surface area contributed by atoms with Gasteiger partial charge < -0.3 is 5.11 Å². The number of aromatic nitrogens is 1. The van der Waals surface area contributed by atoms with E-state index in [9.17, 15) is 13.6 Å². The Balaban J connectivity index is 3.35. The van der Waals surface area contributed by atoms with E-state index in [1.54, 1.807) is 0 Å². The Bertz CT molecular complexity index is 415. The van der Waals surface area contributed by atoms with Crippen molar-refractivity contribution in [2.24, 2.45) is 0 Å². The zero-order chi connectivity index (χ0) is 12.3. The Morgan fingerprint density at radius 3 is 2.69 bits per heavy atom. The second kappa shape index (κ2) is 5.54. The average Bonchev–Trinajstić information content (AvgIpc) is 2.19. The van der Waals surface area contributed by atoms with Crippen molar-refractivity contribution < 1.29 is 18.7 Å². The number of nitrogens with zero attached hydrogens (tertiary/aromatic N) is 1. The molecule has 0 bridgehead atoms. The predicted octanol–water partition coefficient (Wildman–Crippen LogP) is 3.15. The maximum atomic E-state index is 12.8. The molecule has 1 N–H and O–H groups in total. The van der Waals surface area contributed by atoms with Gasteiger partial charge in [-0.15, -0.1) is 11.6 Å². The molecule has 0 saturated carbocycles. The number of hydrogen-bond acceptors (Lipinski definition) is 2. The molecule has 1 heterocycles. The van der Waals surface area contributed by atoms with E-state index in [1.165, 1.54) is 6.20 Å². The molecule has 0 aliphatic carbocycles. The zero-order valence-corrected chi connectivity index (χ0v) is 10.2. The summed E-state index contributed by atoms with van der Waals surface area (Å²) < 4.78 is 25.8. The summed E-state index contributed by atoms with van der Waals surface area (Å²) >= 11 is 8.48.